The Morgan fingerprint density at radius 1 is 1.42 bits per heavy atom. The Bertz CT molecular complexity index is 997. The monoisotopic (exact) mass is 409 g/mol. The summed E-state index contributed by atoms with van der Waals surface area (Å²) in [5.41, 5.74) is 7.36. The number of hydrogen-bond donors (Lipinski definition) is 1. The predicted octanol–water partition coefficient (Wildman–Crippen LogP) is 2.74. The molecule has 4 heterocycles. The lowest BCUT2D eigenvalue weighted by atomic mass is 9.96. The summed E-state index contributed by atoms with van der Waals surface area (Å²) in [6.07, 6.45) is 3.04. The number of nitrogens with zero attached hydrogens (tertiary/aromatic N) is 4. The highest BCUT2D eigenvalue weighted by atomic mass is 32.2. The van der Waals surface area contributed by atoms with Crippen LogP contribution in [-0.2, 0) is 22.6 Å². The van der Waals surface area contributed by atoms with Gasteiger partial charge in [0, 0.05) is 11.3 Å². The Morgan fingerprint density at radius 3 is 2.92 bits per heavy atom. The maximum Gasteiger partial charge on any atom is 0.227 e. The van der Waals surface area contributed by atoms with E-state index in [4.69, 9.17) is 15.5 Å². The summed E-state index contributed by atoms with van der Waals surface area (Å²) in [4.78, 5) is 18.2. The van der Waals surface area contributed by atoms with Crippen molar-refractivity contribution < 1.29 is 9.53 Å². The van der Waals surface area contributed by atoms with Crippen LogP contribution in [0.4, 0.5) is 0 Å². The number of amides is 1. The smallest absolute Gasteiger partial charge is 0.227 e. The summed E-state index contributed by atoms with van der Waals surface area (Å²) < 4.78 is 7.95. The first-order chi connectivity index (χ1) is 12.5. The van der Waals surface area contributed by atoms with Crippen LogP contribution >= 0.6 is 34.9 Å². The number of primary amides is 1. The number of thiophene rings is 1. The molecular weight excluding hydrogens is 390 g/mol. The summed E-state index contributed by atoms with van der Waals surface area (Å²) in [5.74, 6) is 0.237. The molecule has 10 heteroatoms. The number of carbonyl (C=O) groups excluding carboxylic acids is 1. The average molecular weight is 410 g/mol. The standard InChI is InChI=1S/C16H19N5O2S3/c1-7(2)9-4-8-10(5-23-9)26-14-12(8)13-19-20-16(25-6-11(17)22)21(13)15(18-14)24-3/h7,9H,4-6H2,1-3H3,(H2,17,22)/t9-/m0/s1. The quantitative estimate of drug-likeness (QED) is 0.511. The Balaban J connectivity index is 1.91. The SMILES string of the molecule is CSc1nc2sc3c(c2c2nnc(SCC(N)=O)n12)C[C@@H](C(C)C)OC3. The summed E-state index contributed by atoms with van der Waals surface area (Å²) >= 11 is 4.50. The summed E-state index contributed by atoms with van der Waals surface area (Å²) in [7, 11) is 0. The molecule has 0 spiro atoms. The van der Waals surface area contributed by atoms with Crippen LogP contribution in [0.25, 0.3) is 15.9 Å². The van der Waals surface area contributed by atoms with E-state index in [0.717, 1.165) is 27.4 Å². The van der Waals surface area contributed by atoms with Crippen LogP contribution in [0.2, 0.25) is 0 Å². The minimum absolute atomic E-state index is 0.164. The van der Waals surface area contributed by atoms with Gasteiger partial charge in [-0.2, -0.15) is 0 Å². The zero-order valence-corrected chi connectivity index (χ0v) is 17.1. The molecule has 3 aromatic rings. The van der Waals surface area contributed by atoms with Crippen molar-refractivity contribution in [1.82, 2.24) is 19.6 Å². The van der Waals surface area contributed by atoms with Crippen molar-refractivity contribution in [2.45, 2.75) is 43.3 Å². The van der Waals surface area contributed by atoms with Crippen molar-refractivity contribution in [3.8, 4) is 0 Å². The number of aromatic nitrogens is 4. The van der Waals surface area contributed by atoms with E-state index < -0.39 is 0 Å². The molecule has 4 rings (SSSR count). The molecule has 1 atom stereocenters. The van der Waals surface area contributed by atoms with Gasteiger partial charge in [-0.05, 0) is 17.7 Å². The predicted molar refractivity (Wildman–Crippen MR) is 105 cm³/mol. The molecule has 0 saturated carbocycles. The van der Waals surface area contributed by atoms with Crippen LogP contribution in [0.3, 0.4) is 0 Å². The molecule has 138 valence electrons. The van der Waals surface area contributed by atoms with Gasteiger partial charge in [-0.3, -0.25) is 4.79 Å². The van der Waals surface area contributed by atoms with Crippen molar-refractivity contribution >= 4 is 56.6 Å². The number of ether oxygens (including phenoxy) is 1. The van der Waals surface area contributed by atoms with E-state index in [1.807, 2.05) is 10.7 Å². The molecule has 0 radical (unpaired) electrons. The molecule has 0 aliphatic carbocycles. The van der Waals surface area contributed by atoms with Crippen LogP contribution in [0.1, 0.15) is 24.3 Å². The molecule has 0 bridgehead atoms. The fourth-order valence-corrected chi connectivity index (χ4v) is 5.56. The second kappa shape index (κ2) is 6.99. The molecule has 26 heavy (non-hydrogen) atoms. The summed E-state index contributed by atoms with van der Waals surface area (Å²) in [6.45, 7) is 4.98. The normalized spacial score (nSPS) is 17.3. The lowest BCUT2D eigenvalue weighted by Crippen LogP contribution is -2.26. The van der Waals surface area contributed by atoms with Crippen LogP contribution in [0, 0.1) is 5.92 Å². The maximum absolute atomic E-state index is 11.2. The van der Waals surface area contributed by atoms with Gasteiger partial charge >= 0.3 is 0 Å². The van der Waals surface area contributed by atoms with E-state index in [2.05, 4.69) is 24.0 Å². The largest absolute Gasteiger partial charge is 0.372 e. The van der Waals surface area contributed by atoms with Crippen molar-refractivity contribution in [3.63, 3.8) is 0 Å². The Labute approximate surface area is 163 Å². The van der Waals surface area contributed by atoms with E-state index in [1.54, 1.807) is 11.3 Å². The van der Waals surface area contributed by atoms with Crippen LogP contribution in [0.15, 0.2) is 10.3 Å². The Hall–Kier alpha value is -1.36. The van der Waals surface area contributed by atoms with E-state index in [9.17, 15) is 4.79 Å². The topological polar surface area (TPSA) is 95.4 Å². The first-order valence-corrected chi connectivity index (χ1v) is 11.3. The molecule has 7 nitrogen and oxygen atoms in total. The number of thioether (sulfide) groups is 2. The van der Waals surface area contributed by atoms with Crippen molar-refractivity contribution in [3.05, 3.63) is 10.4 Å². The Morgan fingerprint density at radius 2 is 2.23 bits per heavy atom. The highest BCUT2D eigenvalue weighted by Gasteiger charge is 2.29. The second-order valence-electron chi connectivity index (χ2n) is 6.48. The number of rotatable bonds is 5. The minimum atomic E-state index is -0.378. The Kier molecular flexibility index (Phi) is 4.84. The first-order valence-electron chi connectivity index (χ1n) is 8.25. The van der Waals surface area contributed by atoms with Crippen molar-refractivity contribution in [2.75, 3.05) is 12.0 Å². The third-order valence-corrected chi connectivity index (χ3v) is 7.11. The van der Waals surface area contributed by atoms with Gasteiger partial charge in [0.2, 0.25) is 5.91 Å². The van der Waals surface area contributed by atoms with Gasteiger partial charge in [0.25, 0.3) is 0 Å². The van der Waals surface area contributed by atoms with E-state index >= 15 is 0 Å². The van der Waals surface area contributed by atoms with E-state index in [1.165, 1.54) is 34.0 Å². The molecule has 1 amide bonds. The van der Waals surface area contributed by atoms with Gasteiger partial charge in [0.15, 0.2) is 16.0 Å². The number of carbonyl (C=O) groups is 1. The van der Waals surface area contributed by atoms with Crippen LogP contribution < -0.4 is 5.73 Å². The third-order valence-electron chi connectivity index (χ3n) is 4.42. The summed E-state index contributed by atoms with van der Waals surface area (Å²) in [5, 5.41) is 11.3. The van der Waals surface area contributed by atoms with E-state index in [-0.39, 0.29) is 17.8 Å². The fourth-order valence-electron chi connectivity index (χ4n) is 3.12. The van der Waals surface area contributed by atoms with Gasteiger partial charge in [-0.25, -0.2) is 9.38 Å². The highest BCUT2D eigenvalue weighted by molar-refractivity contribution is 8.00. The molecule has 0 aromatic carbocycles. The average Bonchev–Trinajstić information content (AvgIpc) is 3.19. The molecule has 2 N–H and O–H groups in total. The fraction of sp³-hybridized carbons (Fsp3) is 0.500. The number of fused-ring (bicyclic) bond motifs is 5. The molecule has 1 aliphatic rings. The van der Waals surface area contributed by atoms with Crippen LogP contribution in [0.5, 0.6) is 0 Å². The zero-order valence-electron chi connectivity index (χ0n) is 14.7. The van der Waals surface area contributed by atoms with Gasteiger partial charge < -0.3 is 10.5 Å². The molecular formula is C16H19N5O2S3. The molecule has 0 unspecified atom stereocenters. The lowest BCUT2D eigenvalue weighted by Gasteiger charge is -2.26. The highest BCUT2D eigenvalue weighted by Crippen LogP contribution is 2.40. The first kappa shape index (κ1) is 18.0. The van der Waals surface area contributed by atoms with Gasteiger partial charge in [-0.1, -0.05) is 37.4 Å². The minimum Gasteiger partial charge on any atom is -0.372 e. The molecule has 0 saturated heterocycles. The van der Waals surface area contributed by atoms with Gasteiger partial charge in [0.1, 0.15) is 4.83 Å². The maximum atomic E-state index is 11.2. The van der Waals surface area contributed by atoms with E-state index in [0.29, 0.717) is 17.7 Å². The zero-order chi connectivity index (χ0) is 18.4. The molecule has 1 aliphatic heterocycles. The lowest BCUT2D eigenvalue weighted by molar-refractivity contribution is -0.115. The second-order valence-corrected chi connectivity index (χ2v) is 9.28. The van der Waals surface area contributed by atoms with Crippen LogP contribution in [-0.4, -0.2) is 43.6 Å². The molecule has 0 fully saturated rings. The van der Waals surface area contributed by atoms with Crippen molar-refractivity contribution in [2.24, 2.45) is 11.7 Å². The third kappa shape index (κ3) is 2.98. The molecule has 3 aromatic heterocycles. The summed E-state index contributed by atoms with van der Waals surface area (Å²) in [6, 6.07) is 0. The number of hydrogen-bond acceptors (Lipinski definition) is 8. The van der Waals surface area contributed by atoms with Crippen molar-refractivity contribution in [1.29, 1.82) is 0 Å². The van der Waals surface area contributed by atoms with Gasteiger partial charge in [-0.15, -0.1) is 21.5 Å². The van der Waals surface area contributed by atoms with Gasteiger partial charge in [0.05, 0.1) is 23.8 Å². The number of nitrogens with two attached hydrogens (primary N) is 1.